The van der Waals surface area contributed by atoms with Gasteiger partial charge in [0, 0.05) is 26.0 Å². The Kier molecular flexibility index (Phi) is 5.35. The molecular formula is C11H16N2O4. The molecule has 0 aromatic carbocycles. The zero-order valence-corrected chi connectivity index (χ0v) is 10.0. The van der Waals surface area contributed by atoms with Crippen molar-refractivity contribution in [3.05, 3.63) is 18.2 Å². The first-order valence-electron chi connectivity index (χ1n) is 5.38. The molecule has 1 heterocycles. The Labute approximate surface area is 99.5 Å². The standard InChI is InChI=1S/C11H16N2O4/c1-3-17-10(15)8-9(14)11-12-4-5-13(11)6-7-16-2/h4-5H,3,6-8H2,1-2H3. The van der Waals surface area contributed by atoms with Crippen LogP contribution in [-0.4, -0.2) is 41.6 Å². The number of aromatic nitrogens is 2. The van der Waals surface area contributed by atoms with E-state index in [0.29, 0.717) is 13.2 Å². The van der Waals surface area contributed by atoms with Gasteiger partial charge in [0.25, 0.3) is 0 Å². The topological polar surface area (TPSA) is 70.4 Å². The van der Waals surface area contributed by atoms with E-state index in [1.54, 1.807) is 24.8 Å². The Bertz CT molecular complexity index is 387. The molecule has 0 aliphatic rings. The summed E-state index contributed by atoms with van der Waals surface area (Å²) in [6.07, 6.45) is 2.92. The van der Waals surface area contributed by atoms with Crippen LogP contribution in [0.3, 0.4) is 0 Å². The van der Waals surface area contributed by atoms with Gasteiger partial charge in [-0.3, -0.25) is 9.59 Å². The number of esters is 1. The summed E-state index contributed by atoms with van der Waals surface area (Å²) in [6, 6.07) is 0. The van der Waals surface area contributed by atoms with Gasteiger partial charge in [-0.05, 0) is 6.92 Å². The molecule has 1 rings (SSSR count). The zero-order valence-electron chi connectivity index (χ0n) is 10.0. The van der Waals surface area contributed by atoms with Gasteiger partial charge in [0.1, 0.15) is 6.42 Å². The Morgan fingerprint density at radius 2 is 2.24 bits per heavy atom. The molecule has 1 aromatic rings. The smallest absolute Gasteiger partial charge is 0.313 e. The SMILES string of the molecule is CCOC(=O)CC(=O)c1nccn1CCOC. The number of hydrogen-bond donors (Lipinski definition) is 0. The van der Waals surface area contributed by atoms with Gasteiger partial charge in [0.2, 0.25) is 5.78 Å². The largest absolute Gasteiger partial charge is 0.466 e. The highest BCUT2D eigenvalue weighted by Crippen LogP contribution is 2.03. The molecule has 0 saturated heterocycles. The average molecular weight is 240 g/mol. The fourth-order valence-corrected chi connectivity index (χ4v) is 1.35. The van der Waals surface area contributed by atoms with Crippen molar-refractivity contribution < 1.29 is 19.1 Å². The van der Waals surface area contributed by atoms with Gasteiger partial charge >= 0.3 is 5.97 Å². The van der Waals surface area contributed by atoms with Crippen molar-refractivity contribution in [2.75, 3.05) is 20.3 Å². The molecule has 6 heteroatoms. The Hall–Kier alpha value is -1.69. The lowest BCUT2D eigenvalue weighted by Gasteiger charge is -2.06. The van der Waals surface area contributed by atoms with E-state index in [4.69, 9.17) is 9.47 Å². The van der Waals surface area contributed by atoms with E-state index in [-0.39, 0.29) is 24.6 Å². The van der Waals surface area contributed by atoms with E-state index in [9.17, 15) is 9.59 Å². The summed E-state index contributed by atoms with van der Waals surface area (Å²) >= 11 is 0. The predicted octanol–water partition coefficient (Wildman–Crippen LogP) is 0.665. The summed E-state index contributed by atoms with van der Waals surface area (Å²) in [5.74, 6) is -0.613. The first kappa shape index (κ1) is 13.4. The Morgan fingerprint density at radius 3 is 2.88 bits per heavy atom. The molecule has 0 saturated carbocycles. The number of ether oxygens (including phenoxy) is 2. The summed E-state index contributed by atoms with van der Waals surface area (Å²) < 4.78 is 11.3. The molecule has 0 amide bonds. The number of rotatable bonds is 7. The van der Waals surface area contributed by atoms with Crippen LogP contribution >= 0.6 is 0 Å². The van der Waals surface area contributed by atoms with Crippen molar-refractivity contribution >= 4 is 11.8 Å². The summed E-state index contributed by atoms with van der Waals surface area (Å²) in [5, 5.41) is 0. The number of ketones is 1. The number of nitrogens with zero attached hydrogens (tertiary/aromatic N) is 2. The molecule has 17 heavy (non-hydrogen) atoms. The van der Waals surface area contributed by atoms with E-state index in [2.05, 4.69) is 4.98 Å². The summed E-state index contributed by atoms with van der Waals surface area (Å²) in [5.41, 5.74) is 0. The van der Waals surface area contributed by atoms with Crippen molar-refractivity contribution in [3.63, 3.8) is 0 Å². The first-order chi connectivity index (χ1) is 8.19. The van der Waals surface area contributed by atoms with Crippen LogP contribution in [0.25, 0.3) is 0 Å². The van der Waals surface area contributed by atoms with E-state index in [1.807, 2.05) is 0 Å². The number of hydrogen-bond acceptors (Lipinski definition) is 5. The van der Waals surface area contributed by atoms with Gasteiger partial charge in [0.05, 0.1) is 13.2 Å². The fraction of sp³-hybridized carbons (Fsp3) is 0.545. The van der Waals surface area contributed by atoms with Gasteiger partial charge in [0.15, 0.2) is 5.82 Å². The molecule has 94 valence electrons. The van der Waals surface area contributed by atoms with Crippen LogP contribution in [0.4, 0.5) is 0 Å². The summed E-state index contributed by atoms with van der Waals surface area (Å²) in [7, 11) is 1.58. The quantitative estimate of drug-likeness (QED) is 0.398. The maximum atomic E-state index is 11.8. The van der Waals surface area contributed by atoms with Crippen molar-refractivity contribution in [3.8, 4) is 0 Å². The molecule has 0 radical (unpaired) electrons. The second-order valence-electron chi connectivity index (χ2n) is 3.34. The number of Topliss-reactive ketones (excluding diaryl/α,β-unsaturated/α-hetero) is 1. The lowest BCUT2D eigenvalue weighted by molar-refractivity contribution is -0.141. The molecule has 0 bridgehead atoms. The molecule has 1 aromatic heterocycles. The third-order valence-corrected chi connectivity index (χ3v) is 2.11. The number of carbonyl (C=O) groups excluding carboxylic acids is 2. The van der Waals surface area contributed by atoms with Crippen molar-refractivity contribution in [2.24, 2.45) is 0 Å². The third kappa shape index (κ3) is 3.99. The third-order valence-electron chi connectivity index (χ3n) is 2.11. The molecule has 0 spiro atoms. The van der Waals surface area contributed by atoms with E-state index < -0.39 is 5.97 Å². The van der Waals surface area contributed by atoms with Crippen molar-refractivity contribution in [1.82, 2.24) is 9.55 Å². The fourth-order valence-electron chi connectivity index (χ4n) is 1.35. The summed E-state index contributed by atoms with van der Waals surface area (Å²) in [4.78, 5) is 26.9. The minimum absolute atomic E-state index is 0.259. The van der Waals surface area contributed by atoms with Crippen LogP contribution in [0.5, 0.6) is 0 Å². The van der Waals surface area contributed by atoms with Crippen LogP contribution in [-0.2, 0) is 20.8 Å². The molecule has 0 aliphatic heterocycles. The minimum Gasteiger partial charge on any atom is -0.466 e. The molecule has 0 aliphatic carbocycles. The van der Waals surface area contributed by atoms with Crippen molar-refractivity contribution in [1.29, 1.82) is 0 Å². The number of methoxy groups -OCH3 is 1. The lowest BCUT2D eigenvalue weighted by atomic mass is 10.2. The van der Waals surface area contributed by atoms with Crippen LogP contribution in [0.1, 0.15) is 24.0 Å². The Morgan fingerprint density at radius 1 is 1.47 bits per heavy atom. The van der Waals surface area contributed by atoms with Gasteiger partial charge < -0.3 is 14.0 Å². The molecule has 6 nitrogen and oxygen atoms in total. The van der Waals surface area contributed by atoms with Crippen LogP contribution < -0.4 is 0 Å². The molecule has 0 atom stereocenters. The predicted molar refractivity (Wildman–Crippen MR) is 59.7 cm³/mol. The zero-order chi connectivity index (χ0) is 12.7. The maximum absolute atomic E-state index is 11.8. The van der Waals surface area contributed by atoms with E-state index in [1.165, 1.54) is 6.20 Å². The molecule has 0 fully saturated rings. The lowest BCUT2D eigenvalue weighted by Crippen LogP contribution is -2.17. The number of carbonyl (C=O) groups is 2. The highest BCUT2D eigenvalue weighted by Gasteiger charge is 2.17. The van der Waals surface area contributed by atoms with E-state index >= 15 is 0 Å². The van der Waals surface area contributed by atoms with E-state index in [0.717, 1.165) is 0 Å². The normalized spacial score (nSPS) is 10.2. The highest BCUT2D eigenvalue weighted by molar-refractivity contribution is 6.03. The van der Waals surface area contributed by atoms with Crippen LogP contribution in [0.2, 0.25) is 0 Å². The maximum Gasteiger partial charge on any atom is 0.313 e. The van der Waals surface area contributed by atoms with Gasteiger partial charge in [-0.15, -0.1) is 0 Å². The number of imidazole rings is 1. The Balaban J connectivity index is 2.62. The van der Waals surface area contributed by atoms with Crippen LogP contribution in [0.15, 0.2) is 12.4 Å². The summed E-state index contributed by atoms with van der Waals surface area (Å²) in [6.45, 7) is 2.97. The van der Waals surface area contributed by atoms with Gasteiger partial charge in [-0.1, -0.05) is 0 Å². The average Bonchev–Trinajstić information content (AvgIpc) is 2.74. The van der Waals surface area contributed by atoms with Crippen LogP contribution in [0, 0.1) is 0 Å². The monoisotopic (exact) mass is 240 g/mol. The molecule has 0 N–H and O–H groups in total. The van der Waals surface area contributed by atoms with Gasteiger partial charge in [-0.2, -0.15) is 0 Å². The first-order valence-corrected chi connectivity index (χ1v) is 5.38. The second-order valence-corrected chi connectivity index (χ2v) is 3.34. The molecule has 0 unspecified atom stereocenters. The second kappa shape index (κ2) is 6.80. The highest BCUT2D eigenvalue weighted by atomic mass is 16.5. The molecular weight excluding hydrogens is 224 g/mol. The minimum atomic E-state index is -0.529. The van der Waals surface area contributed by atoms with Gasteiger partial charge in [-0.25, -0.2) is 4.98 Å². The van der Waals surface area contributed by atoms with Crippen molar-refractivity contribution in [2.45, 2.75) is 19.9 Å².